The lowest BCUT2D eigenvalue weighted by molar-refractivity contribution is -0.115. The van der Waals surface area contributed by atoms with Gasteiger partial charge in [0.25, 0.3) is 0 Å². The standard InChI is InChI=1S/C14H13NO4S/c1-19-11-5-3-2-4-9(11)8-12(16)15-10-6-7-20-13(10)14(17)18/h2-7H,8H2,1H3,(H,15,16)(H,17,18). The summed E-state index contributed by atoms with van der Waals surface area (Å²) in [6.45, 7) is 0. The number of methoxy groups -OCH3 is 1. The number of para-hydroxylation sites is 1. The van der Waals surface area contributed by atoms with E-state index in [1.807, 2.05) is 12.1 Å². The van der Waals surface area contributed by atoms with Crippen molar-refractivity contribution in [1.29, 1.82) is 0 Å². The van der Waals surface area contributed by atoms with Gasteiger partial charge < -0.3 is 15.2 Å². The van der Waals surface area contributed by atoms with Gasteiger partial charge >= 0.3 is 5.97 Å². The van der Waals surface area contributed by atoms with Crippen LogP contribution in [0.25, 0.3) is 0 Å². The Labute approximate surface area is 119 Å². The zero-order valence-corrected chi connectivity index (χ0v) is 11.6. The van der Waals surface area contributed by atoms with Crippen LogP contribution in [0.5, 0.6) is 5.75 Å². The fourth-order valence-corrected chi connectivity index (χ4v) is 2.48. The summed E-state index contributed by atoms with van der Waals surface area (Å²) in [5.74, 6) is -0.700. The molecule has 2 N–H and O–H groups in total. The third-order valence-corrected chi connectivity index (χ3v) is 3.58. The smallest absolute Gasteiger partial charge is 0.348 e. The summed E-state index contributed by atoms with van der Waals surface area (Å²) in [5.41, 5.74) is 1.07. The predicted octanol–water partition coefficient (Wildman–Crippen LogP) is 2.64. The number of carbonyl (C=O) groups excluding carboxylic acids is 1. The van der Waals surface area contributed by atoms with Crippen molar-refractivity contribution in [3.63, 3.8) is 0 Å². The molecule has 0 saturated heterocycles. The maximum absolute atomic E-state index is 12.0. The first kappa shape index (κ1) is 14.1. The van der Waals surface area contributed by atoms with Crippen molar-refractivity contribution in [2.24, 2.45) is 0 Å². The summed E-state index contributed by atoms with van der Waals surface area (Å²) in [4.78, 5) is 23.1. The number of thiophene rings is 1. The van der Waals surface area contributed by atoms with Crippen molar-refractivity contribution in [2.45, 2.75) is 6.42 Å². The Hall–Kier alpha value is -2.34. The number of hydrogen-bond donors (Lipinski definition) is 2. The number of anilines is 1. The van der Waals surface area contributed by atoms with Crippen LogP contribution in [0.4, 0.5) is 5.69 Å². The van der Waals surface area contributed by atoms with Gasteiger partial charge in [0.2, 0.25) is 5.91 Å². The van der Waals surface area contributed by atoms with Crippen molar-refractivity contribution in [3.8, 4) is 5.75 Å². The van der Waals surface area contributed by atoms with Gasteiger partial charge in [-0.2, -0.15) is 0 Å². The molecule has 0 atom stereocenters. The molecular formula is C14H13NO4S. The molecule has 0 fully saturated rings. The van der Waals surface area contributed by atoms with Gasteiger partial charge in [-0.15, -0.1) is 11.3 Å². The number of nitrogens with one attached hydrogen (secondary N) is 1. The minimum absolute atomic E-state index is 0.123. The fraction of sp³-hybridized carbons (Fsp3) is 0.143. The van der Waals surface area contributed by atoms with Crippen LogP contribution in [0.1, 0.15) is 15.2 Å². The van der Waals surface area contributed by atoms with E-state index < -0.39 is 5.97 Å². The highest BCUT2D eigenvalue weighted by atomic mass is 32.1. The molecule has 20 heavy (non-hydrogen) atoms. The predicted molar refractivity (Wildman–Crippen MR) is 76.6 cm³/mol. The van der Waals surface area contributed by atoms with Crippen molar-refractivity contribution >= 4 is 28.9 Å². The molecule has 0 bridgehead atoms. The first-order valence-corrected chi connectivity index (χ1v) is 6.72. The third kappa shape index (κ3) is 3.16. The largest absolute Gasteiger partial charge is 0.496 e. The monoisotopic (exact) mass is 291 g/mol. The average molecular weight is 291 g/mol. The molecule has 1 amide bonds. The van der Waals surface area contributed by atoms with Crippen LogP contribution in [-0.4, -0.2) is 24.1 Å². The maximum Gasteiger partial charge on any atom is 0.348 e. The molecule has 0 aliphatic rings. The second-order valence-corrected chi connectivity index (χ2v) is 4.92. The Morgan fingerprint density at radius 2 is 2.05 bits per heavy atom. The average Bonchev–Trinajstić information content (AvgIpc) is 2.87. The van der Waals surface area contributed by atoms with Gasteiger partial charge in [0.15, 0.2) is 0 Å². The van der Waals surface area contributed by atoms with Crippen molar-refractivity contribution in [1.82, 2.24) is 0 Å². The summed E-state index contributed by atoms with van der Waals surface area (Å²) in [5, 5.41) is 13.2. The quantitative estimate of drug-likeness (QED) is 0.888. The normalized spacial score (nSPS) is 10.1. The van der Waals surface area contributed by atoms with Crippen LogP contribution in [0.2, 0.25) is 0 Å². The molecule has 0 unspecified atom stereocenters. The highest BCUT2D eigenvalue weighted by molar-refractivity contribution is 7.12. The van der Waals surface area contributed by atoms with Crippen LogP contribution < -0.4 is 10.1 Å². The Balaban J connectivity index is 2.09. The molecule has 2 rings (SSSR count). The molecule has 0 radical (unpaired) electrons. The molecule has 5 nitrogen and oxygen atoms in total. The van der Waals surface area contributed by atoms with E-state index in [1.165, 1.54) is 7.11 Å². The van der Waals surface area contributed by atoms with Crippen LogP contribution in [0, 0.1) is 0 Å². The van der Waals surface area contributed by atoms with Gasteiger partial charge in [-0.25, -0.2) is 4.79 Å². The molecule has 1 aromatic heterocycles. The molecular weight excluding hydrogens is 278 g/mol. The molecule has 0 spiro atoms. The van der Waals surface area contributed by atoms with E-state index >= 15 is 0 Å². The van der Waals surface area contributed by atoms with Gasteiger partial charge in [0.05, 0.1) is 19.2 Å². The van der Waals surface area contributed by atoms with Crippen LogP contribution in [0.3, 0.4) is 0 Å². The van der Waals surface area contributed by atoms with E-state index in [1.54, 1.807) is 23.6 Å². The van der Waals surface area contributed by atoms with E-state index in [-0.39, 0.29) is 17.2 Å². The zero-order chi connectivity index (χ0) is 14.5. The Morgan fingerprint density at radius 1 is 1.30 bits per heavy atom. The maximum atomic E-state index is 12.0. The van der Waals surface area contributed by atoms with Gasteiger partial charge in [-0.05, 0) is 17.5 Å². The summed E-state index contributed by atoms with van der Waals surface area (Å²) in [6.07, 6.45) is 0.124. The van der Waals surface area contributed by atoms with E-state index in [4.69, 9.17) is 9.84 Å². The zero-order valence-electron chi connectivity index (χ0n) is 10.8. The van der Waals surface area contributed by atoms with Gasteiger partial charge in [0, 0.05) is 5.56 Å². The summed E-state index contributed by atoms with van der Waals surface area (Å²) in [6, 6.07) is 8.79. The molecule has 0 aliphatic carbocycles. The minimum atomic E-state index is -1.05. The van der Waals surface area contributed by atoms with E-state index in [9.17, 15) is 9.59 Å². The molecule has 0 aliphatic heterocycles. The lowest BCUT2D eigenvalue weighted by Gasteiger charge is -2.08. The molecule has 1 aromatic carbocycles. The first-order valence-electron chi connectivity index (χ1n) is 5.84. The van der Waals surface area contributed by atoms with E-state index in [0.717, 1.165) is 16.9 Å². The van der Waals surface area contributed by atoms with Gasteiger partial charge in [-0.1, -0.05) is 18.2 Å². The molecule has 2 aromatic rings. The Morgan fingerprint density at radius 3 is 2.75 bits per heavy atom. The molecule has 6 heteroatoms. The number of carbonyl (C=O) groups is 2. The number of aromatic carboxylic acids is 1. The summed E-state index contributed by atoms with van der Waals surface area (Å²) in [7, 11) is 1.54. The second kappa shape index (κ2) is 6.21. The van der Waals surface area contributed by atoms with Crippen molar-refractivity contribution in [2.75, 3.05) is 12.4 Å². The molecule has 0 saturated carbocycles. The molecule has 104 valence electrons. The van der Waals surface area contributed by atoms with Crippen molar-refractivity contribution in [3.05, 3.63) is 46.2 Å². The third-order valence-electron chi connectivity index (χ3n) is 2.68. The minimum Gasteiger partial charge on any atom is -0.496 e. The number of carboxylic acids is 1. The Kier molecular flexibility index (Phi) is 4.37. The summed E-state index contributed by atoms with van der Waals surface area (Å²) < 4.78 is 5.17. The second-order valence-electron chi connectivity index (χ2n) is 4.01. The number of benzene rings is 1. The number of rotatable bonds is 5. The lowest BCUT2D eigenvalue weighted by Crippen LogP contribution is -2.16. The lowest BCUT2D eigenvalue weighted by atomic mass is 10.1. The van der Waals surface area contributed by atoms with Gasteiger partial charge in [-0.3, -0.25) is 4.79 Å². The van der Waals surface area contributed by atoms with Crippen LogP contribution in [0.15, 0.2) is 35.7 Å². The van der Waals surface area contributed by atoms with Crippen LogP contribution >= 0.6 is 11.3 Å². The molecule has 1 heterocycles. The topological polar surface area (TPSA) is 75.6 Å². The summed E-state index contributed by atoms with van der Waals surface area (Å²) >= 11 is 1.07. The van der Waals surface area contributed by atoms with Crippen LogP contribution in [-0.2, 0) is 11.2 Å². The van der Waals surface area contributed by atoms with E-state index in [0.29, 0.717) is 11.4 Å². The Bertz CT molecular complexity index is 636. The SMILES string of the molecule is COc1ccccc1CC(=O)Nc1ccsc1C(=O)O. The first-order chi connectivity index (χ1) is 9.61. The number of carboxylic acid groups (broad SMARTS) is 1. The highest BCUT2D eigenvalue weighted by Gasteiger charge is 2.15. The number of ether oxygens (including phenoxy) is 1. The van der Waals surface area contributed by atoms with Crippen molar-refractivity contribution < 1.29 is 19.4 Å². The number of amides is 1. The highest BCUT2D eigenvalue weighted by Crippen LogP contribution is 2.23. The fourth-order valence-electron chi connectivity index (χ4n) is 1.79. The van der Waals surface area contributed by atoms with Gasteiger partial charge in [0.1, 0.15) is 10.6 Å². The van der Waals surface area contributed by atoms with E-state index in [2.05, 4.69) is 5.32 Å². The number of hydrogen-bond acceptors (Lipinski definition) is 4.